The van der Waals surface area contributed by atoms with Gasteiger partial charge in [-0.2, -0.15) is 0 Å². The molecule has 0 aromatic carbocycles. The zero-order valence-corrected chi connectivity index (χ0v) is 6.34. The number of hydrogen-bond acceptors (Lipinski definition) is 0. The second-order valence-corrected chi connectivity index (χ2v) is 4.35. The summed E-state index contributed by atoms with van der Waals surface area (Å²) in [4.78, 5) is 0. The van der Waals surface area contributed by atoms with Crippen LogP contribution in [-0.4, -0.2) is 0 Å². The topological polar surface area (TPSA) is 0 Å². The molecule has 3 bridgehead atoms. The van der Waals surface area contributed by atoms with Crippen LogP contribution in [-0.2, 0) is 0 Å². The van der Waals surface area contributed by atoms with Gasteiger partial charge in [0.2, 0.25) is 0 Å². The summed E-state index contributed by atoms with van der Waals surface area (Å²) in [5.74, 6) is 3.25. The molecule has 3 unspecified atom stereocenters. The lowest BCUT2D eigenvalue weighted by Crippen LogP contribution is -2.17. The third-order valence-corrected chi connectivity index (χ3v) is 3.66. The van der Waals surface area contributed by atoms with Crippen LogP contribution in [0.4, 0.5) is 0 Å². The molecule has 0 aliphatic heterocycles. The summed E-state index contributed by atoms with van der Waals surface area (Å²) in [7, 11) is 0. The van der Waals surface area contributed by atoms with Gasteiger partial charge in [0.15, 0.2) is 0 Å². The first-order valence-corrected chi connectivity index (χ1v) is 4.61. The minimum atomic E-state index is 1.05. The van der Waals surface area contributed by atoms with Gasteiger partial charge in [0.25, 0.3) is 0 Å². The molecule has 0 N–H and O–H groups in total. The highest BCUT2D eigenvalue weighted by Crippen LogP contribution is 2.52. The van der Waals surface area contributed by atoms with E-state index in [0.717, 1.165) is 17.8 Å². The van der Waals surface area contributed by atoms with Crippen molar-refractivity contribution in [2.24, 2.45) is 17.8 Å². The molecule has 0 amide bonds. The first-order chi connectivity index (χ1) is 4.92. The van der Waals surface area contributed by atoms with Crippen LogP contribution in [0.5, 0.6) is 0 Å². The zero-order chi connectivity index (χ0) is 6.55. The van der Waals surface area contributed by atoms with Crippen molar-refractivity contribution in [3.05, 3.63) is 11.6 Å². The van der Waals surface area contributed by atoms with E-state index in [1.54, 1.807) is 19.3 Å². The van der Waals surface area contributed by atoms with Gasteiger partial charge < -0.3 is 0 Å². The predicted molar refractivity (Wildman–Crippen MR) is 41.6 cm³/mol. The summed E-state index contributed by atoms with van der Waals surface area (Å²) in [5, 5.41) is 0. The Hall–Kier alpha value is -0.260. The van der Waals surface area contributed by atoms with E-state index in [0.29, 0.717) is 0 Å². The Bertz CT molecular complexity index is 190. The van der Waals surface area contributed by atoms with Gasteiger partial charge in [-0.1, -0.05) is 11.6 Å². The molecule has 10 heavy (non-hydrogen) atoms. The van der Waals surface area contributed by atoms with Gasteiger partial charge in [0.1, 0.15) is 0 Å². The predicted octanol–water partition coefficient (Wildman–Crippen LogP) is 2.75. The molecule has 0 saturated heterocycles. The van der Waals surface area contributed by atoms with Gasteiger partial charge in [0.05, 0.1) is 0 Å². The average Bonchev–Trinajstić information content (AvgIpc) is 2.11. The van der Waals surface area contributed by atoms with E-state index in [9.17, 15) is 0 Å². The van der Waals surface area contributed by atoms with Crippen molar-refractivity contribution in [3.8, 4) is 0 Å². The Kier molecular flexibility index (Phi) is 0.898. The lowest BCUT2D eigenvalue weighted by Gasteiger charge is -2.29. The summed E-state index contributed by atoms with van der Waals surface area (Å²) in [6, 6.07) is 0. The van der Waals surface area contributed by atoms with Gasteiger partial charge in [-0.15, -0.1) is 0 Å². The monoisotopic (exact) mass is 134 g/mol. The second-order valence-electron chi connectivity index (χ2n) is 4.35. The molecule has 3 atom stereocenters. The van der Waals surface area contributed by atoms with Crippen molar-refractivity contribution in [1.82, 2.24) is 0 Å². The first kappa shape index (κ1) is 5.40. The zero-order valence-electron chi connectivity index (χ0n) is 6.34. The summed E-state index contributed by atoms with van der Waals surface area (Å²) < 4.78 is 0. The van der Waals surface area contributed by atoms with E-state index in [2.05, 4.69) is 6.08 Å². The third-order valence-electron chi connectivity index (χ3n) is 3.66. The molecule has 0 heteroatoms. The molecule has 0 nitrogen and oxygen atoms in total. The molecular formula is C10H14. The Balaban J connectivity index is 2.06. The maximum absolute atomic E-state index is 2.55. The Morgan fingerprint density at radius 2 is 2.00 bits per heavy atom. The highest BCUT2D eigenvalue weighted by Gasteiger charge is 2.39. The van der Waals surface area contributed by atoms with E-state index >= 15 is 0 Å². The molecule has 0 heterocycles. The second kappa shape index (κ2) is 1.66. The fraction of sp³-hybridized carbons (Fsp3) is 0.800. The van der Waals surface area contributed by atoms with E-state index in [1.807, 2.05) is 5.57 Å². The Morgan fingerprint density at radius 1 is 1.10 bits per heavy atom. The van der Waals surface area contributed by atoms with Crippen molar-refractivity contribution in [2.45, 2.75) is 32.1 Å². The third kappa shape index (κ3) is 0.574. The Morgan fingerprint density at radius 3 is 3.00 bits per heavy atom. The molecule has 54 valence electrons. The number of hydrogen-bond donors (Lipinski definition) is 0. The molecule has 0 aromatic heterocycles. The first-order valence-electron chi connectivity index (χ1n) is 4.61. The highest BCUT2D eigenvalue weighted by molar-refractivity contribution is 5.19. The van der Waals surface area contributed by atoms with Gasteiger partial charge in [-0.3, -0.25) is 0 Å². The van der Waals surface area contributed by atoms with E-state index < -0.39 is 0 Å². The maximum atomic E-state index is 2.55. The molecular weight excluding hydrogens is 120 g/mol. The number of rotatable bonds is 0. The molecule has 3 aliphatic rings. The van der Waals surface area contributed by atoms with Gasteiger partial charge in [0, 0.05) is 0 Å². The number of fused-ring (bicyclic) bond motifs is 2. The van der Waals surface area contributed by atoms with Gasteiger partial charge in [-0.25, -0.2) is 0 Å². The standard InChI is InChI=1S/C10H14/c1-2-9-5-8-3-7(1)4-10(9)6-8/h2,7-8,10H,1,3-6H2. The smallest absolute Gasteiger partial charge is 0.0198 e. The summed E-state index contributed by atoms with van der Waals surface area (Å²) >= 11 is 0. The lowest BCUT2D eigenvalue weighted by molar-refractivity contribution is 0.262. The van der Waals surface area contributed by atoms with Gasteiger partial charge >= 0.3 is 0 Å². The quantitative estimate of drug-likeness (QED) is 0.447. The molecule has 3 rings (SSSR count). The minimum Gasteiger partial charge on any atom is -0.0848 e. The van der Waals surface area contributed by atoms with E-state index in [4.69, 9.17) is 0 Å². The molecule has 2 saturated carbocycles. The maximum Gasteiger partial charge on any atom is -0.0198 e. The van der Waals surface area contributed by atoms with Crippen molar-refractivity contribution in [2.75, 3.05) is 0 Å². The van der Waals surface area contributed by atoms with Crippen LogP contribution in [0.15, 0.2) is 11.6 Å². The van der Waals surface area contributed by atoms with Gasteiger partial charge in [-0.05, 0) is 49.9 Å². The van der Waals surface area contributed by atoms with E-state index in [1.165, 1.54) is 12.8 Å². The number of allylic oxidation sites excluding steroid dienone is 2. The summed E-state index contributed by atoms with van der Waals surface area (Å²) in [5.41, 5.74) is 1.83. The van der Waals surface area contributed by atoms with Crippen molar-refractivity contribution in [1.29, 1.82) is 0 Å². The van der Waals surface area contributed by atoms with Crippen molar-refractivity contribution >= 4 is 0 Å². The van der Waals surface area contributed by atoms with Crippen LogP contribution >= 0.6 is 0 Å². The fourth-order valence-electron chi connectivity index (χ4n) is 3.29. The van der Waals surface area contributed by atoms with Crippen LogP contribution < -0.4 is 0 Å². The van der Waals surface area contributed by atoms with Crippen LogP contribution in [0.3, 0.4) is 0 Å². The molecule has 2 fully saturated rings. The Labute approximate surface area is 62.3 Å². The van der Waals surface area contributed by atoms with Crippen molar-refractivity contribution in [3.63, 3.8) is 0 Å². The summed E-state index contributed by atoms with van der Waals surface area (Å²) in [6.07, 6.45) is 10.1. The molecule has 3 aliphatic carbocycles. The minimum absolute atomic E-state index is 1.05. The summed E-state index contributed by atoms with van der Waals surface area (Å²) in [6.45, 7) is 0. The largest absolute Gasteiger partial charge is 0.0848 e. The lowest BCUT2D eigenvalue weighted by atomic mass is 9.76. The van der Waals surface area contributed by atoms with Crippen LogP contribution in [0.2, 0.25) is 0 Å². The van der Waals surface area contributed by atoms with E-state index in [-0.39, 0.29) is 0 Å². The molecule has 0 aromatic rings. The van der Waals surface area contributed by atoms with Crippen molar-refractivity contribution < 1.29 is 0 Å². The molecule has 0 radical (unpaired) electrons. The molecule has 0 spiro atoms. The van der Waals surface area contributed by atoms with Crippen LogP contribution in [0.1, 0.15) is 32.1 Å². The fourth-order valence-corrected chi connectivity index (χ4v) is 3.29. The normalized spacial score (nSPS) is 49.6. The van der Waals surface area contributed by atoms with Crippen LogP contribution in [0.25, 0.3) is 0 Å². The highest BCUT2D eigenvalue weighted by atomic mass is 14.4. The average molecular weight is 134 g/mol. The SMILES string of the molecule is C1=C2CC3CC(C1)CC2C3. The van der Waals surface area contributed by atoms with Crippen LogP contribution in [0, 0.1) is 17.8 Å².